The molecule has 1 heterocycles. The van der Waals surface area contributed by atoms with E-state index in [1.54, 1.807) is 31.2 Å². The van der Waals surface area contributed by atoms with Gasteiger partial charge in [-0.05, 0) is 36.6 Å². The maximum atomic E-state index is 12.7. The number of carboxylic acid groups (broad SMARTS) is 1. The highest BCUT2D eigenvalue weighted by molar-refractivity contribution is 5.95. The van der Waals surface area contributed by atoms with Crippen LogP contribution < -0.4 is 10.2 Å². The Balaban J connectivity index is 2.18. The van der Waals surface area contributed by atoms with Crippen molar-refractivity contribution in [3.05, 3.63) is 46.1 Å². The van der Waals surface area contributed by atoms with Crippen molar-refractivity contribution < 1.29 is 24.2 Å². The normalized spacial score (nSPS) is 12.4. The van der Waals surface area contributed by atoms with Crippen LogP contribution in [0.2, 0.25) is 0 Å². The van der Waals surface area contributed by atoms with Gasteiger partial charge in [0.1, 0.15) is 16.7 Å². The average molecular weight is 342 g/mol. The molecule has 0 spiro atoms. The number of fused-ring (bicyclic) bond motifs is 2. The van der Waals surface area contributed by atoms with Gasteiger partial charge in [0.05, 0.1) is 18.4 Å². The van der Waals surface area contributed by atoms with Gasteiger partial charge in [0.15, 0.2) is 11.3 Å². The monoisotopic (exact) mass is 342 g/mol. The highest BCUT2D eigenvalue weighted by Crippen LogP contribution is 2.33. The van der Waals surface area contributed by atoms with Gasteiger partial charge in [-0.3, -0.25) is 9.59 Å². The first-order valence-corrected chi connectivity index (χ1v) is 7.91. The number of aromatic hydroxyl groups is 1. The van der Waals surface area contributed by atoms with Crippen LogP contribution in [0.25, 0.3) is 21.9 Å². The molecule has 3 aromatic rings. The molecule has 1 unspecified atom stereocenters. The molecule has 0 aliphatic heterocycles. The summed E-state index contributed by atoms with van der Waals surface area (Å²) in [7, 11) is 1.48. The summed E-state index contributed by atoms with van der Waals surface area (Å²) >= 11 is 0. The van der Waals surface area contributed by atoms with Crippen molar-refractivity contribution in [2.45, 2.75) is 19.8 Å². The molecule has 0 saturated carbocycles. The van der Waals surface area contributed by atoms with Crippen molar-refractivity contribution in [3.8, 4) is 11.5 Å². The number of methoxy groups -OCH3 is 1. The van der Waals surface area contributed by atoms with E-state index in [2.05, 4.69) is 0 Å². The van der Waals surface area contributed by atoms with Gasteiger partial charge in [0.25, 0.3) is 0 Å². The summed E-state index contributed by atoms with van der Waals surface area (Å²) in [4.78, 5) is 23.7. The minimum Gasteiger partial charge on any atom is -0.507 e. The Morgan fingerprint density at radius 3 is 2.72 bits per heavy atom. The smallest absolute Gasteiger partial charge is 0.306 e. The van der Waals surface area contributed by atoms with E-state index in [9.17, 15) is 14.7 Å². The van der Waals surface area contributed by atoms with E-state index >= 15 is 0 Å². The molecular formula is C19H18O6. The molecule has 6 nitrogen and oxygen atoms in total. The van der Waals surface area contributed by atoms with Gasteiger partial charge in [0, 0.05) is 0 Å². The fourth-order valence-corrected chi connectivity index (χ4v) is 2.88. The predicted octanol–water partition coefficient (Wildman–Crippen LogP) is 3.31. The molecule has 0 aliphatic rings. The first kappa shape index (κ1) is 16.8. The van der Waals surface area contributed by atoms with Gasteiger partial charge >= 0.3 is 5.97 Å². The van der Waals surface area contributed by atoms with Gasteiger partial charge in [-0.15, -0.1) is 0 Å². The summed E-state index contributed by atoms with van der Waals surface area (Å²) in [5.41, 5.74) is 1.00. The SMILES string of the molecule is COc1c(CCC(C)C(=O)O)ccc2c(=O)c3c(O)cccc3oc12. The number of rotatable bonds is 5. The third-order valence-electron chi connectivity index (χ3n) is 4.35. The van der Waals surface area contributed by atoms with Crippen molar-refractivity contribution in [1.82, 2.24) is 0 Å². The predicted molar refractivity (Wildman–Crippen MR) is 93.3 cm³/mol. The van der Waals surface area contributed by atoms with Gasteiger partial charge in [-0.2, -0.15) is 0 Å². The molecule has 0 radical (unpaired) electrons. The molecule has 25 heavy (non-hydrogen) atoms. The summed E-state index contributed by atoms with van der Waals surface area (Å²) in [5.74, 6) is -1.06. The number of carboxylic acids is 1. The zero-order valence-corrected chi connectivity index (χ0v) is 13.9. The van der Waals surface area contributed by atoms with Crippen LogP contribution >= 0.6 is 0 Å². The van der Waals surface area contributed by atoms with Crippen molar-refractivity contribution in [2.75, 3.05) is 7.11 Å². The van der Waals surface area contributed by atoms with Gasteiger partial charge in [-0.1, -0.05) is 19.1 Å². The molecule has 1 aromatic heterocycles. The summed E-state index contributed by atoms with van der Waals surface area (Å²) in [6, 6.07) is 7.99. The van der Waals surface area contributed by atoms with Gasteiger partial charge in [-0.25, -0.2) is 0 Å². The lowest BCUT2D eigenvalue weighted by atomic mass is 9.99. The molecule has 1 atom stereocenters. The lowest BCUT2D eigenvalue weighted by Gasteiger charge is -2.13. The van der Waals surface area contributed by atoms with E-state index in [4.69, 9.17) is 14.3 Å². The summed E-state index contributed by atoms with van der Waals surface area (Å²) < 4.78 is 11.3. The van der Waals surface area contributed by atoms with Crippen LogP contribution in [0.5, 0.6) is 11.5 Å². The molecule has 0 saturated heterocycles. The lowest BCUT2D eigenvalue weighted by molar-refractivity contribution is -0.141. The van der Waals surface area contributed by atoms with Crippen molar-refractivity contribution in [3.63, 3.8) is 0 Å². The molecule has 2 N–H and O–H groups in total. The Kier molecular flexibility index (Phi) is 4.35. The first-order valence-electron chi connectivity index (χ1n) is 7.91. The third-order valence-corrected chi connectivity index (χ3v) is 4.35. The Labute approximate surface area is 143 Å². The van der Waals surface area contributed by atoms with E-state index in [-0.39, 0.29) is 22.1 Å². The topological polar surface area (TPSA) is 97.0 Å². The number of carbonyl (C=O) groups is 1. The molecule has 0 aliphatic carbocycles. The van der Waals surface area contributed by atoms with E-state index in [1.165, 1.54) is 13.2 Å². The summed E-state index contributed by atoms with van der Waals surface area (Å²) in [6.07, 6.45) is 0.921. The van der Waals surface area contributed by atoms with Crippen LogP contribution in [0, 0.1) is 5.92 Å². The number of aliphatic carboxylic acids is 1. The summed E-state index contributed by atoms with van der Waals surface area (Å²) in [6.45, 7) is 1.65. The Morgan fingerprint density at radius 2 is 2.04 bits per heavy atom. The van der Waals surface area contributed by atoms with Crippen LogP contribution in [-0.4, -0.2) is 23.3 Å². The molecule has 2 aromatic carbocycles. The number of ether oxygens (including phenoxy) is 1. The van der Waals surface area contributed by atoms with Gasteiger partial charge in [0.2, 0.25) is 5.43 Å². The minimum absolute atomic E-state index is 0.129. The minimum atomic E-state index is -0.854. The molecule has 130 valence electrons. The second kappa shape index (κ2) is 6.47. The Morgan fingerprint density at radius 1 is 1.28 bits per heavy atom. The largest absolute Gasteiger partial charge is 0.507 e. The number of hydrogen-bond donors (Lipinski definition) is 2. The maximum Gasteiger partial charge on any atom is 0.306 e. The third kappa shape index (κ3) is 2.91. The number of aryl methyl sites for hydroxylation is 1. The number of phenolic OH excluding ortho intramolecular Hbond substituents is 1. The number of phenols is 1. The standard InChI is InChI=1S/C19H18O6/c1-10(19(22)23)6-7-11-8-9-12-16(21)15-13(20)4-3-5-14(15)25-18(12)17(11)24-2/h3-5,8-10,20H,6-7H2,1-2H3,(H,22,23). The van der Waals surface area contributed by atoms with E-state index < -0.39 is 11.9 Å². The molecule has 0 bridgehead atoms. The average Bonchev–Trinajstić information content (AvgIpc) is 2.59. The van der Waals surface area contributed by atoms with Crippen LogP contribution in [0.4, 0.5) is 0 Å². The summed E-state index contributed by atoms with van der Waals surface area (Å²) in [5, 5.41) is 19.4. The van der Waals surface area contributed by atoms with Crippen LogP contribution in [0.15, 0.2) is 39.5 Å². The molecule has 0 fully saturated rings. The molecule has 6 heteroatoms. The van der Waals surface area contributed by atoms with Gasteiger partial charge < -0.3 is 19.4 Å². The molecule has 0 amide bonds. The zero-order chi connectivity index (χ0) is 18.1. The van der Waals surface area contributed by atoms with Crippen molar-refractivity contribution >= 4 is 27.9 Å². The molecule has 3 rings (SSSR count). The van der Waals surface area contributed by atoms with E-state index in [1.807, 2.05) is 0 Å². The van der Waals surface area contributed by atoms with Crippen molar-refractivity contribution in [2.24, 2.45) is 5.92 Å². The highest BCUT2D eigenvalue weighted by Gasteiger charge is 2.18. The van der Waals surface area contributed by atoms with Crippen LogP contribution in [0.3, 0.4) is 0 Å². The van der Waals surface area contributed by atoms with E-state index in [0.717, 1.165) is 5.56 Å². The van der Waals surface area contributed by atoms with Crippen LogP contribution in [0.1, 0.15) is 18.9 Å². The highest BCUT2D eigenvalue weighted by atomic mass is 16.5. The zero-order valence-electron chi connectivity index (χ0n) is 13.9. The Bertz CT molecular complexity index is 1020. The number of benzene rings is 2. The lowest BCUT2D eigenvalue weighted by Crippen LogP contribution is -2.11. The van der Waals surface area contributed by atoms with E-state index in [0.29, 0.717) is 29.6 Å². The quantitative estimate of drug-likeness (QED) is 0.691. The Hall–Kier alpha value is -3.02. The number of hydrogen-bond acceptors (Lipinski definition) is 5. The second-order valence-corrected chi connectivity index (χ2v) is 5.99. The molecular weight excluding hydrogens is 324 g/mol. The van der Waals surface area contributed by atoms with Crippen LogP contribution in [-0.2, 0) is 11.2 Å². The maximum absolute atomic E-state index is 12.7. The fourth-order valence-electron chi connectivity index (χ4n) is 2.88. The first-order chi connectivity index (χ1) is 11.9. The van der Waals surface area contributed by atoms with Crippen molar-refractivity contribution in [1.29, 1.82) is 0 Å². The fraction of sp³-hybridized carbons (Fsp3) is 0.263. The second-order valence-electron chi connectivity index (χ2n) is 5.99.